The predicted octanol–water partition coefficient (Wildman–Crippen LogP) is 1.78. The molecule has 1 rings (SSSR count). The molecule has 0 aromatic carbocycles. The lowest BCUT2D eigenvalue weighted by Gasteiger charge is -2.20. The zero-order valence-electron chi connectivity index (χ0n) is 10.2. The molecule has 3 N–H and O–H groups in total. The highest BCUT2D eigenvalue weighted by atomic mass is 19.1. The fourth-order valence-electron chi connectivity index (χ4n) is 1.19. The Bertz CT molecular complexity index is 398. The first-order valence-electron chi connectivity index (χ1n) is 5.21. The van der Waals surface area contributed by atoms with Crippen LogP contribution in [-0.2, 0) is 11.3 Å². The van der Waals surface area contributed by atoms with E-state index in [1.807, 2.05) is 0 Å². The summed E-state index contributed by atoms with van der Waals surface area (Å²) in [6.07, 6.45) is 0.701. The highest BCUT2D eigenvalue weighted by Gasteiger charge is 2.18. The normalized spacial score (nSPS) is 11.3. The summed E-state index contributed by atoms with van der Waals surface area (Å²) in [6, 6.07) is 0. The molecule has 6 nitrogen and oxygen atoms in total. The molecule has 0 bridgehead atoms. The van der Waals surface area contributed by atoms with Crippen molar-refractivity contribution in [3.63, 3.8) is 0 Å². The third kappa shape index (κ3) is 3.93. The van der Waals surface area contributed by atoms with Crippen LogP contribution in [0.1, 0.15) is 20.8 Å². The van der Waals surface area contributed by atoms with E-state index in [0.29, 0.717) is 0 Å². The minimum atomic E-state index is -0.648. The first kappa shape index (κ1) is 13.3. The van der Waals surface area contributed by atoms with Crippen LogP contribution in [0.4, 0.5) is 20.7 Å². The van der Waals surface area contributed by atoms with E-state index < -0.39 is 18.4 Å². The van der Waals surface area contributed by atoms with Gasteiger partial charge in [0.25, 0.3) is 0 Å². The third-order valence-corrected chi connectivity index (χ3v) is 1.78. The van der Waals surface area contributed by atoms with E-state index in [2.05, 4.69) is 10.4 Å². The molecule has 0 atom stereocenters. The number of aromatic nitrogens is 2. The minimum Gasteiger partial charge on any atom is -0.444 e. The van der Waals surface area contributed by atoms with Gasteiger partial charge in [0.1, 0.15) is 12.3 Å². The maximum absolute atomic E-state index is 12.2. The van der Waals surface area contributed by atoms with Crippen molar-refractivity contribution in [1.29, 1.82) is 0 Å². The summed E-state index contributed by atoms with van der Waals surface area (Å²) in [4.78, 5) is 11.5. The second-order valence-corrected chi connectivity index (χ2v) is 4.49. The number of anilines is 2. The number of hydrogen-bond donors (Lipinski definition) is 2. The lowest BCUT2D eigenvalue weighted by atomic mass is 10.2. The Morgan fingerprint density at radius 3 is 2.82 bits per heavy atom. The van der Waals surface area contributed by atoms with Crippen LogP contribution in [0.25, 0.3) is 0 Å². The van der Waals surface area contributed by atoms with Gasteiger partial charge in [0.2, 0.25) is 0 Å². The molecule has 17 heavy (non-hydrogen) atoms. The summed E-state index contributed by atoms with van der Waals surface area (Å²) < 4.78 is 18.6. The predicted molar refractivity (Wildman–Crippen MR) is 62.5 cm³/mol. The number of ether oxygens (including phenoxy) is 1. The molecule has 96 valence electrons. The van der Waals surface area contributed by atoms with Gasteiger partial charge in [-0.3, -0.25) is 5.32 Å². The first-order valence-corrected chi connectivity index (χ1v) is 5.21. The van der Waals surface area contributed by atoms with Gasteiger partial charge in [-0.2, -0.15) is 5.10 Å². The van der Waals surface area contributed by atoms with Crippen molar-refractivity contribution in [1.82, 2.24) is 9.78 Å². The number of carbonyl (C=O) groups is 1. The Morgan fingerprint density at radius 2 is 2.29 bits per heavy atom. The first-order chi connectivity index (χ1) is 7.83. The van der Waals surface area contributed by atoms with Gasteiger partial charge in [0.05, 0.1) is 18.4 Å². The van der Waals surface area contributed by atoms with E-state index in [0.717, 1.165) is 0 Å². The Balaban J connectivity index is 2.73. The van der Waals surface area contributed by atoms with E-state index in [-0.39, 0.29) is 18.1 Å². The molecule has 1 aromatic rings. The highest BCUT2D eigenvalue weighted by Crippen LogP contribution is 2.18. The Labute approximate surface area is 98.9 Å². The molecule has 0 fully saturated rings. The number of nitrogens with two attached hydrogens (primary N) is 1. The highest BCUT2D eigenvalue weighted by molar-refractivity contribution is 5.87. The molecule has 1 amide bonds. The zero-order valence-corrected chi connectivity index (χ0v) is 10.2. The maximum atomic E-state index is 12.2. The van der Waals surface area contributed by atoms with Crippen molar-refractivity contribution >= 4 is 17.6 Å². The average molecular weight is 244 g/mol. The van der Waals surface area contributed by atoms with Crippen molar-refractivity contribution in [3.05, 3.63) is 6.20 Å². The van der Waals surface area contributed by atoms with Crippen molar-refractivity contribution in [2.75, 3.05) is 17.7 Å². The van der Waals surface area contributed by atoms with Crippen LogP contribution in [0.2, 0.25) is 0 Å². The van der Waals surface area contributed by atoms with Crippen LogP contribution in [0.15, 0.2) is 6.20 Å². The molecule has 0 saturated carbocycles. The van der Waals surface area contributed by atoms with Gasteiger partial charge in [0, 0.05) is 0 Å². The number of carbonyl (C=O) groups excluding carboxylic acids is 1. The second-order valence-electron chi connectivity index (χ2n) is 4.49. The largest absolute Gasteiger partial charge is 0.444 e. The van der Waals surface area contributed by atoms with Crippen LogP contribution < -0.4 is 11.1 Å². The van der Waals surface area contributed by atoms with Crippen LogP contribution in [-0.4, -0.2) is 28.1 Å². The van der Waals surface area contributed by atoms with Crippen molar-refractivity contribution in [3.8, 4) is 0 Å². The second kappa shape index (κ2) is 5.03. The van der Waals surface area contributed by atoms with Crippen molar-refractivity contribution < 1.29 is 13.9 Å². The van der Waals surface area contributed by atoms with Crippen molar-refractivity contribution in [2.45, 2.75) is 32.9 Å². The van der Waals surface area contributed by atoms with E-state index >= 15 is 0 Å². The number of amides is 1. The van der Waals surface area contributed by atoms with Gasteiger partial charge in [-0.1, -0.05) is 0 Å². The van der Waals surface area contributed by atoms with E-state index in [1.165, 1.54) is 10.9 Å². The monoisotopic (exact) mass is 244 g/mol. The number of hydrogen-bond acceptors (Lipinski definition) is 4. The SMILES string of the molecule is CC(C)(C)OC(=O)Nc1c(N)cnn1CCF. The summed E-state index contributed by atoms with van der Waals surface area (Å²) in [5, 5.41) is 6.28. The van der Waals surface area contributed by atoms with Gasteiger partial charge in [-0.05, 0) is 20.8 Å². The molecule has 0 aliphatic heterocycles. The number of nitrogens with one attached hydrogen (secondary N) is 1. The molecular weight excluding hydrogens is 227 g/mol. The minimum absolute atomic E-state index is 0.0301. The third-order valence-electron chi connectivity index (χ3n) is 1.78. The summed E-state index contributed by atoms with van der Waals surface area (Å²) in [5.41, 5.74) is 5.27. The zero-order chi connectivity index (χ0) is 13.1. The van der Waals surface area contributed by atoms with Crippen LogP contribution in [0, 0.1) is 0 Å². The Kier molecular flexibility index (Phi) is 3.93. The lowest BCUT2D eigenvalue weighted by Crippen LogP contribution is -2.28. The summed E-state index contributed by atoms with van der Waals surface area (Å²) >= 11 is 0. The number of nitrogen functional groups attached to an aromatic ring is 1. The number of aryl methyl sites for hydroxylation is 1. The number of rotatable bonds is 3. The standard InChI is InChI=1S/C10H17FN4O2/c1-10(2,3)17-9(16)14-8-7(12)6-13-15(8)5-4-11/h6H,4-5,12H2,1-3H3,(H,14,16). The number of nitrogens with zero attached hydrogens (tertiary/aromatic N) is 2. The summed E-state index contributed by atoms with van der Waals surface area (Å²) in [7, 11) is 0. The van der Waals surface area contributed by atoms with Crippen LogP contribution in [0.5, 0.6) is 0 Å². The molecular formula is C10H17FN4O2. The van der Waals surface area contributed by atoms with Gasteiger partial charge < -0.3 is 10.5 Å². The summed E-state index contributed by atoms with van der Waals surface area (Å²) in [6.45, 7) is 4.67. The average Bonchev–Trinajstić information content (AvgIpc) is 2.47. The van der Waals surface area contributed by atoms with Gasteiger partial charge in [-0.25, -0.2) is 13.9 Å². The number of alkyl halides is 1. The molecule has 0 aliphatic carbocycles. The molecule has 0 spiro atoms. The Hall–Kier alpha value is -1.79. The van der Waals surface area contributed by atoms with Crippen LogP contribution >= 0.6 is 0 Å². The van der Waals surface area contributed by atoms with E-state index in [4.69, 9.17) is 10.5 Å². The lowest BCUT2D eigenvalue weighted by molar-refractivity contribution is 0.0634. The molecule has 0 radical (unpaired) electrons. The quantitative estimate of drug-likeness (QED) is 0.849. The maximum Gasteiger partial charge on any atom is 0.413 e. The fourth-order valence-corrected chi connectivity index (χ4v) is 1.19. The van der Waals surface area contributed by atoms with E-state index in [9.17, 15) is 9.18 Å². The van der Waals surface area contributed by atoms with Crippen molar-refractivity contribution in [2.24, 2.45) is 0 Å². The van der Waals surface area contributed by atoms with E-state index in [1.54, 1.807) is 20.8 Å². The van der Waals surface area contributed by atoms with Crippen LogP contribution in [0.3, 0.4) is 0 Å². The molecule has 0 saturated heterocycles. The molecule has 7 heteroatoms. The number of halogens is 1. The fraction of sp³-hybridized carbons (Fsp3) is 0.600. The molecule has 1 aromatic heterocycles. The molecule has 0 aliphatic rings. The molecule has 1 heterocycles. The van der Waals surface area contributed by atoms with Gasteiger partial charge in [-0.15, -0.1) is 0 Å². The van der Waals surface area contributed by atoms with Gasteiger partial charge >= 0.3 is 6.09 Å². The smallest absolute Gasteiger partial charge is 0.413 e. The summed E-state index contributed by atoms with van der Waals surface area (Å²) in [5.74, 6) is 0.247. The Morgan fingerprint density at radius 1 is 1.65 bits per heavy atom. The van der Waals surface area contributed by atoms with Gasteiger partial charge in [0.15, 0.2) is 5.82 Å². The topological polar surface area (TPSA) is 82.2 Å². The molecule has 0 unspecified atom stereocenters.